The zero-order chi connectivity index (χ0) is 13.8. The van der Waals surface area contributed by atoms with Crippen LogP contribution in [0.15, 0.2) is 47.4 Å². The number of carbonyl (C=O) groups is 1. The van der Waals surface area contributed by atoms with Gasteiger partial charge < -0.3 is 0 Å². The van der Waals surface area contributed by atoms with Gasteiger partial charge in [-0.1, -0.05) is 40.9 Å². The SMILES string of the molecule is Cc1cccc(SCC(=O)c2ccc(Cl)c(Cl)c2)c1. The molecule has 19 heavy (non-hydrogen) atoms. The van der Waals surface area contributed by atoms with Crippen LogP contribution in [0.3, 0.4) is 0 Å². The summed E-state index contributed by atoms with van der Waals surface area (Å²) in [4.78, 5) is 13.1. The van der Waals surface area contributed by atoms with E-state index in [0.717, 1.165) is 4.90 Å². The molecule has 0 aliphatic carbocycles. The van der Waals surface area contributed by atoms with Crippen LogP contribution < -0.4 is 0 Å². The van der Waals surface area contributed by atoms with Gasteiger partial charge in [-0.2, -0.15) is 0 Å². The van der Waals surface area contributed by atoms with Crippen LogP contribution >= 0.6 is 35.0 Å². The lowest BCUT2D eigenvalue weighted by atomic mass is 10.1. The summed E-state index contributed by atoms with van der Waals surface area (Å²) in [5.41, 5.74) is 1.78. The predicted octanol–water partition coefficient (Wildman–Crippen LogP) is 5.28. The van der Waals surface area contributed by atoms with E-state index in [1.54, 1.807) is 18.2 Å². The molecular formula is C15H12Cl2OS. The van der Waals surface area contributed by atoms with Crippen molar-refractivity contribution in [3.8, 4) is 0 Å². The molecule has 0 saturated carbocycles. The molecule has 0 fully saturated rings. The Hall–Kier alpha value is -0.960. The molecule has 0 aliphatic heterocycles. The van der Waals surface area contributed by atoms with Crippen molar-refractivity contribution in [3.63, 3.8) is 0 Å². The molecule has 4 heteroatoms. The summed E-state index contributed by atoms with van der Waals surface area (Å²) in [6.07, 6.45) is 0. The summed E-state index contributed by atoms with van der Waals surface area (Å²) in [7, 11) is 0. The number of hydrogen-bond donors (Lipinski definition) is 0. The van der Waals surface area contributed by atoms with Crippen LogP contribution in [-0.4, -0.2) is 11.5 Å². The van der Waals surface area contributed by atoms with Crippen molar-refractivity contribution >= 4 is 40.7 Å². The monoisotopic (exact) mass is 310 g/mol. The highest BCUT2D eigenvalue weighted by molar-refractivity contribution is 8.00. The summed E-state index contributed by atoms with van der Waals surface area (Å²) in [6.45, 7) is 2.03. The van der Waals surface area contributed by atoms with Crippen LogP contribution in [0.5, 0.6) is 0 Å². The molecule has 2 aromatic carbocycles. The summed E-state index contributed by atoms with van der Waals surface area (Å²) < 4.78 is 0. The molecule has 0 aliphatic rings. The topological polar surface area (TPSA) is 17.1 Å². The van der Waals surface area contributed by atoms with Gasteiger partial charge in [-0.15, -0.1) is 11.8 Å². The second-order valence-electron chi connectivity index (χ2n) is 4.16. The van der Waals surface area contributed by atoms with E-state index in [2.05, 4.69) is 6.07 Å². The lowest BCUT2D eigenvalue weighted by molar-refractivity contribution is 0.102. The van der Waals surface area contributed by atoms with E-state index < -0.39 is 0 Å². The molecule has 0 bridgehead atoms. The number of benzene rings is 2. The van der Waals surface area contributed by atoms with Gasteiger partial charge in [0.15, 0.2) is 5.78 Å². The number of aryl methyl sites for hydroxylation is 1. The number of rotatable bonds is 4. The van der Waals surface area contributed by atoms with Gasteiger partial charge in [0.25, 0.3) is 0 Å². The van der Waals surface area contributed by atoms with Crippen molar-refractivity contribution in [1.29, 1.82) is 0 Å². The maximum absolute atomic E-state index is 12.0. The smallest absolute Gasteiger partial charge is 0.173 e. The van der Waals surface area contributed by atoms with E-state index in [-0.39, 0.29) is 5.78 Å². The summed E-state index contributed by atoms with van der Waals surface area (Å²) in [6, 6.07) is 13.0. The van der Waals surface area contributed by atoms with E-state index in [4.69, 9.17) is 23.2 Å². The minimum atomic E-state index is 0.0464. The van der Waals surface area contributed by atoms with E-state index in [1.807, 2.05) is 25.1 Å². The molecule has 0 atom stereocenters. The summed E-state index contributed by atoms with van der Waals surface area (Å²) >= 11 is 13.3. The molecule has 0 aromatic heterocycles. The average molecular weight is 311 g/mol. The molecule has 0 N–H and O–H groups in total. The average Bonchev–Trinajstić information content (AvgIpc) is 2.39. The summed E-state index contributed by atoms with van der Waals surface area (Å²) in [5.74, 6) is 0.437. The van der Waals surface area contributed by atoms with Gasteiger partial charge in [0.05, 0.1) is 15.8 Å². The lowest BCUT2D eigenvalue weighted by Crippen LogP contribution is -2.02. The molecular weight excluding hydrogens is 299 g/mol. The Labute approximate surface area is 126 Å². The van der Waals surface area contributed by atoms with E-state index in [9.17, 15) is 4.79 Å². The molecule has 0 spiro atoms. The third-order valence-corrected chi connectivity index (χ3v) is 4.33. The number of halogens is 2. The molecule has 0 amide bonds. The Morgan fingerprint density at radius 1 is 1.11 bits per heavy atom. The third-order valence-electron chi connectivity index (χ3n) is 2.60. The van der Waals surface area contributed by atoms with Crippen LogP contribution in [0.4, 0.5) is 0 Å². The van der Waals surface area contributed by atoms with E-state index in [0.29, 0.717) is 21.4 Å². The fraction of sp³-hybridized carbons (Fsp3) is 0.133. The zero-order valence-corrected chi connectivity index (χ0v) is 12.6. The third kappa shape index (κ3) is 4.00. The van der Waals surface area contributed by atoms with Crippen LogP contribution in [0.1, 0.15) is 15.9 Å². The van der Waals surface area contributed by atoms with Gasteiger partial charge in [0.1, 0.15) is 0 Å². The highest BCUT2D eigenvalue weighted by atomic mass is 35.5. The first-order valence-electron chi connectivity index (χ1n) is 5.74. The Bertz CT molecular complexity index is 611. The predicted molar refractivity (Wildman–Crippen MR) is 82.7 cm³/mol. The van der Waals surface area contributed by atoms with Gasteiger partial charge in [0.2, 0.25) is 0 Å². The second kappa shape index (κ2) is 6.47. The Morgan fingerprint density at radius 3 is 2.58 bits per heavy atom. The number of carbonyl (C=O) groups excluding carboxylic acids is 1. The quantitative estimate of drug-likeness (QED) is 0.564. The van der Waals surface area contributed by atoms with Gasteiger partial charge in [0, 0.05) is 10.5 Å². The molecule has 0 unspecified atom stereocenters. The molecule has 0 radical (unpaired) electrons. The number of ketones is 1. The maximum atomic E-state index is 12.0. The number of thioether (sulfide) groups is 1. The minimum Gasteiger partial charge on any atom is -0.293 e. The normalized spacial score (nSPS) is 10.5. The van der Waals surface area contributed by atoms with Crippen molar-refractivity contribution in [2.75, 3.05) is 5.75 Å². The zero-order valence-electron chi connectivity index (χ0n) is 10.3. The molecule has 2 rings (SSSR count). The van der Waals surface area contributed by atoms with Crippen molar-refractivity contribution in [2.45, 2.75) is 11.8 Å². The van der Waals surface area contributed by atoms with Crippen molar-refractivity contribution in [3.05, 3.63) is 63.6 Å². The second-order valence-corrected chi connectivity index (χ2v) is 6.02. The molecule has 2 aromatic rings. The van der Waals surface area contributed by atoms with Crippen molar-refractivity contribution < 1.29 is 4.79 Å². The highest BCUT2D eigenvalue weighted by Gasteiger charge is 2.09. The first-order valence-corrected chi connectivity index (χ1v) is 7.48. The maximum Gasteiger partial charge on any atom is 0.173 e. The first-order chi connectivity index (χ1) is 9.06. The fourth-order valence-electron chi connectivity index (χ4n) is 1.61. The van der Waals surface area contributed by atoms with Crippen LogP contribution in [-0.2, 0) is 0 Å². The molecule has 0 heterocycles. The van der Waals surface area contributed by atoms with Gasteiger partial charge in [-0.05, 0) is 37.3 Å². The molecule has 1 nitrogen and oxygen atoms in total. The van der Waals surface area contributed by atoms with Gasteiger partial charge in [-0.25, -0.2) is 0 Å². The summed E-state index contributed by atoms with van der Waals surface area (Å²) in [5, 5.41) is 0.873. The minimum absolute atomic E-state index is 0.0464. The van der Waals surface area contributed by atoms with Crippen LogP contribution in [0.2, 0.25) is 10.0 Å². The lowest BCUT2D eigenvalue weighted by Gasteiger charge is -2.04. The highest BCUT2D eigenvalue weighted by Crippen LogP contribution is 2.25. The largest absolute Gasteiger partial charge is 0.293 e. The number of Topliss-reactive ketones (excluding diaryl/α,β-unsaturated/α-hetero) is 1. The van der Waals surface area contributed by atoms with Crippen LogP contribution in [0.25, 0.3) is 0 Å². The van der Waals surface area contributed by atoms with Gasteiger partial charge in [-0.3, -0.25) is 4.79 Å². The standard InChI is InChI=1S/C15H12Cl2OS/c1-10-3-2-4-12(7-10)19-9-15(18)11-5-6-13(16)14(17)8-11/h2-8H,9H2,1H3. The van der Waals surface area contributed by atoms with Crippen molar-refractivity contribution in [2.24, 2.45) is 0 Å². The van der Waals surface area contributed by atoms with E-state index >= 15 is 0 Å². The van der Waals surface area contributed by atoms with Crippen LogP contribution in [0, 0.1) is 6.92 Å². The van der Waals surface area contributed by atoms with Gasteiger partial charge >= 0.3 is 0 Å². The molecule has 0 saturated heterocycles. The Balaban J connectivity index is 2.03. The number of hydrogen-bond acceptors (Lipinski definition) is 2. The Kier molecular flexibility index (Phi) is 4.92. The fourth-order valence-corrected chi connectivity index (χ4v) is 2.81. The van der Waals surface area contributed by atoms with E-state index in [1.165, 1.54) is 17.3 Å². The molecule has 98 valence electrons. The first kappa shape index (κ1) is 14.4. The Morgan fingerprint density at radius 2 is 1.89 bits per heavy atom. The van der Waals surface area contributed by atoms with Crippen molar-refractivity contribution in [1.82, 2.24) is 0 Å².